The molecular weight excluding hydrogens is 489 g/mol. The van der Waals surface area contributed by atoms with Crippen LogP contribution in [0.1, 0.15) is 16.0 Å². The number of anilines is 1. The molecule has 2 aromatic carbocycles. The maximum atomic E-state index is 13.2. The largest absolute Gasteiger partial charge is 0.416 e. The van der Waals surface area contributed by atoms with E-state index in [2.05, 4.69) is 20.2 Å². The topological polar surface area (TPSA) is 67.4 Å². The van der Waals surface area contributed by atoms with Crippen LogP contribution in [0.5, 0.6) is 0 Å². The number of para-hydroxylation sites is 1. The Balaban J connectivity index is 1.32. The molecule has 0 aliphatic carbocycles. The fourth-order valence-corrected chi connectivity index (χ4v) is 4.99. The number of nitrogens with one attached hydrogen (secondary N) is 1. The normalized spacial score (nSPS) is 14.8. The van der Waals surface area contributed by atoms with Crippen LogP contribution in [-0.2, 0) is 28.7 Å². The van der Waals surface area contributed by atoms with Gasteiger partial charge in [0, 0.05) is 41.7 Å². The first kappa shape index (κ1) is 24.4. The van der Waals surface area contributed by atoms with Gasteiger partial charge >= 0.3 is 6.18 Å². The highest BCUT2D eigenvalue weighted by Crippen LogP contribution is 2.32. The Morgan fingerprint density at radius 2 is 1.89 bits per heavy atom. The SMILES string of the molecule is O=C(Cc1cccc2ccc(-c3cccc(C(F)(F)F)c3)nc12)Nc1ncc(CN2CCOCC2)s1. The van der Waals surface area contributed by atoms with Crippen molar-refractivity contribution >= 4 is 33.3 Å². The molecule has 1 amide bonds. The predicted molar refractivity (Wildman–Crippen MR) is 133 cm³/mol. The Morgan fingerprint density at radius 3 is 2.69 bits per heavy atom. The van der Waals surface area contributed by atoms with Crippen LogP contribution in [0.4, 0.5) is 18.3 Å². The molecule has 36 heavy (non-hydrogen) atoms. The maximum Gasteiger partial charge on any atom is 0.416 e. The second-order valence-electron chi connectivity index (χ2n) is 8.51. The molecule has 1 fully saturated rings. The Labute approximate surface area is 209 Å². The maximum absolute atomic E-state index is 13.2. The lowest BCUT2D eigenvalue weighted by atomic mass is 10.0. The van der Waals surface area contributed by atoms with Crippen LogP contribution in [0.15, 0.2) is 60.8 Å². The molecule has 4 aromatic rings. The van der Waals surface area contributed by atoms with Crippen molar-refractivity contribution in [3.05, 3.63) is 76.8 Å². The zero-order valence-electron chi connectivity index (χ0n) is 19.2. The number of morpholine rings is 1. The van der Waals surface area contributed by atoms with E-state index in [4.69, 9.17) is 4.74 Å². The summed E-state index contributed by atoms with van der Waals surface area (Å²) in [5.74, 6) is -0.235. The van der Waals surface area contributed by atoms with E-state index >= 15 is 0 Å². The van der Waals surface area contributed by atoms with Gasteiger partial charge in [-0.25, -0.2) is 9.97 Å². The summed E-state index contributed by atoms with van der Waals surface area (Å²) in [6.07, 6.45) is -2.60. The summed E-state index contributed by atoms with van der Waals surface area (Å²) >= 11 is 1.44. The van der Waals surface area contributed by atoms with Crippen molar-refractivity contribution in [2.24, 2.45) is 0 Å². The molecule has 5 rings (SSSR count). The number of alkyl halides is 3. The first-order chi connectivity index (χ1) is 17.3. The summed E-state index contributed by atoms with van der Waals surface area (Å²) in [5.41, 5.74) is 1.31. The quantitative estimate of drug-likeness (QED) is 0.375. The van der Waals surface area contributed by atoms with Crippen molar-refractivity contribution in [1.82, 2.24) is 14.9 Å². The molecule has 0 spiro atoms. The number of amides is 1. The monoisotopic (exact) mass is 512 g/mol. The Morgan fingerprint density at radius 1 is 1.08 bits per heavy atom. The standard InChI is InChI=1S/C26H23F3N4O2S/c27-26(28,29)20-6-2-4-18(13-20)22-8-7-17-3-1-5-19(24(17)31-22)14-23(34)32-25-30-15-21(36-25)16-33-9-11-35-12-10-33/h1-8,13,15H,9-12,14,16H2,(H,30,32,34). The smallest absolute Gasteiger partial charge is 0.379 e. The van der Waals surface area contributed by atoms with E-state index in [9.17, 15) is 18.0 Å². The van der Waals surface area contributed by atoms with Gasteiger partial charge < -0.3 is 10.1 Å². The Bertz CT molecular complexity index is 1380. The van der Waals surface area contributed by atoms with E-state index in [1.165, 1.54) is 17.4 Å². The van der Waals surface area contributed by atoms with E-state index in [0.717, 1.165) is 55.2 Å². The van der Waals surface area contributed by atoms with E-state index in [-0.39, 0.29) is 12.3 Å². The van der Waals surface area contributed by atoms with E-state index in [0.29, 0.717) is 27.5 Å². The molecule has 0 bridgehead atoms. The molecule has 3 heterocycles. The Kier molecular flexibility index (Phi) is 6.99. The highest BCUT2D eigenvalue weighted by atomic mass is 32.1. The molecule has 6 nitrogen and oxygen atoms in total. The summed E-state index contributed by atoms with van der Waals surface area (Å²) in [5, 5.41) is 4.19. The van der Waals surface area contributed by atoms with E-state index < -0.39 is 11.7 Å². The number of halogens is 3. The van der Waals surface area contributed by atoms with Gasteiger partial charge in [0.25, 0.3) is 0 Å². The number of hydrogen-bond donors (Lipinski definition) is 1. The zero-order chi connectivity index (χ0) is 25.1. The van der Waals surface area contributed by atoms with Crippen LogP contribution in [0.3, 0.4) is 0 Å². The number of ether oxygens (including phenoxy) is 1. The summed E-state index contributed by atoms with van der Waals surface area (Å²) in [6, 6.07) is 14.1. The molecule has 1 saturated heterocycles. The molecule has 1 N–H and O–H groups in total. The number of nitrogens with zero attached hydrogens (tertiary/aromatic N) is 3. The second-order valence-corrected chi connectivity index (χ2v) is 9.62. The van der Waals surface area contributed by atoms with Gasteiger partial charge in [0.2, 0.25) is 5.91 Å². The molecule has 0 radical (unpaired) electrons. The van der Waals surface area contributed by atoms with Crippen molar-refractivity contribution in [3.8, 4) is 11.3 Å². The van der Waals surface area contributed by atoms with Gasteiger partial charge in [-0.2, -0.15) is 13.2 Å². The first-order valence-electron chi connectivity index (χ1n) is 11.5. The molecule has 2 aromatic heterocycles. The van der Waals surface area contributed by atoms with Crippen molar-refractivity contribution < 1.29 is 22.7 Å². The fourth-order valence-electron chi connectivity index (χ4n) is 4.12. The van der Waals surface area contributed by atoms with Crippen molar-refractivity contribution in [3.63, 3.8) is 0 Å². The fraction of sp³-hybridized carbons (Fsp3) is 0.269. The lowest BCUT2D eigenvalue weighted by molar-refractivity contribution is -0.137. The van der Waals surface area contributed by atoms with Crippen LogP contribution >= 0.6 is 11.3 Å². The average Bonchev–Trinajstić information content (AvgIpc) is 3.30. The number of rotatable bonds is 6. The number of carbonyl (C=O) groups is 1. The molecule has 1 aliphatic heterocycles. The van der Waals surface area contributed by atoms with Crippen LogP contribution in [0, 0.1) is 0 Å². The van der Waals surface area contributed by atoms with Gasteiger partial charge in [-0.05, 0) is 23.8 Å². The molecule has 0 atom stereocenters. The first-order valence-corrected chi connectivity index (χ1v) is 12.3. The number of hydrogen-bond acceptors (Lipinski definition) is 6. The third-order valence-electron chi connectivity index (χ3n) is 5.92. The summed E-state index contributed by atoms with van der Waals surface area (Å²) in [6.45, 7) is 3.95. The van der Waals surface area contributed by atoms with Crippen LogP contribution < -0.4 is 5.32 Å². The van der Waals surface area contributed by atoms with Crippen molar-refractivity contribution in [2.75, 3.05) is 31.6 Å². The minimum absolute atomic E-state index is 0.0642. The molecule has 1 aliphatic rings. The number of carbonyl (C=O) groups excluding carboxylic acids is 1. The Hall–Kier alpha value is -3.34. The third kappa shape index (κ3) is 5.72. The number of thiazole rings is 1. The molecule has 10 heteroatoms. The highest BCUT2D eigenvalue weighted by molar-refractivity contribution is 7.15. The van der Waals surface area contributed by atoms with Gasteiger partial charge in [-0.15, -0.1) is 11.3 Å². The highest BCUT2D eigenvalue weighted by Gasteiger charge is 2.30. The van der Waals surface area contributed by atoms with Gasteiger partial charge in [-0.3, -0.25) is 9.69 Å². The summed E-state index contributed by atoms with van der Waals surface area (Å²) < 4.78 is 44.9. The van der Waals surface area contributed by atoms with Gasteiger partial charge in [0.05, 0.1) is 36.4 Å². The van der Waals surface area contributed by atoms with Gasteiger partial charge in [-0.1, -0.05) is 36.4 Å². The van der Waals surface area contributed by atoms with Crippen molar-refractivity contribution in [1.29, 1.82) is 0 Å². The van der Waals surface area contributed by atoms with Crippen LogP contribution in [-0.4, -0.2) is 47.1 Å². The lowest BCUT2D eigenvalue weighted by Crippen LogP contribution is -2.35. The van der Waals surface area contributed by atoms with Crippen LogP contribution in [0.25, 0.3) is 22.2 Å². The van der Waals surface area contributed by atoms with E-state index in [1.54, 1.807) is 30.5 Å². The number of aromatic nitrogens is 2. The minimum atomic E-state index is -4.44. The van der Waals surface area contributed by atoms with Gasteiger partial charge in [0.1, 0.15) is 0 Å². The molecule has 0 unspecified atom stereocenters. The molecule has 0 saturated carbocycles. The van der Waals surface area contributed by atoms with Crippen molar-refractivity contribution in [2.45, 2.75) is 19.1 Å². The zero-order valence-corrected chi connectivity index (χ0v) is 20.0. The van der Waals surface area contributed by atoms with E-state index in [1.807, 2.05) is 12.1 Å². The molecular formula is C26H23F3N4O2S. The molecule has 186 valence electrons. The minimum Gasteiger partial charge on any atom is -0.379 e. The predicted octanol–water partition coefficient (Wildman–Crippen LogP) is 5.39. The number of benzene rings is 2. The summed E-state index contributed by atoms with van der Waals surface area (Å²) in [4.78, 5) is 25.1. The second kappa shape index (κ2) is 10.3. The number of pyridine rings is 1. The third-order valence-corrected chi connectivity index (χ3v) is 6.82. The van der Waals surface area contributed by atoms with Crippen LogP contribution in [0.2, 0.25) is 0 Å². The lowest BCUT2D eigenvalue weighted by Gasteiger charge is -2.25. The summed E-state index contributed by atoms with van der Waals surface area (Å²) in [7, 11) is 0. The average molecular weight is 513 g/mol. The number of fused-ring (bicyclic) bond motifs is 1. The van der Waals surface area contributed by atoms with Gasteiger partial charge in [0.15, 0.2) is 5.13 Å².